The van der Waals surface area contributed by atoms with Crippen molar-refractivity contribution in [2.24, 2.45) is 0 Å². The zero-order valence-electron chi connectivity index (χ0n) is 18.7. The fraction of sp³-hybridized carbons (Fsp3) is 0.348. The van der Waals surface area contributed by atoms with Gasteiger partial charge in [-0.1, -0.05) is 0 Å². The number of carbonyl (C=O) groups excluding carboxylic acids is 1. The number of esters is 1. The summed E-state index contributed by atoms with van der Waals surface area (Å²) in [5.74, 6) is 0.496. The van der Waals surface area contributed by atoms with Crippen molar-refractivity contribution >= 4 is 17.3 Å². The van der Waals surface area contributed by atoms with Crippen LogP contribution in [0.3, 0.4) is 0 Å². The molecule has 172 valence electrons. The number of carbonyl (C=O) groups is 1. The van der Waals surface area contributed by atoms with Crippen molar-refractivity contribution in [3.05, 3.63) is 70.1 Å². The number of aromatic nitrogens is 2. The maximum Gasteiger partial charge on any atom is 0.337 e. The Kier molecular flexibility index (Phi) is 6.36. The fourth-order valence-corrected chi connectivity index (χ4v) is 4.10. The van der Waals surface area contributed by atoms with Crippen molar-refractivity contribution in [2.75, 3.05) is 31.6 Å². The highest BCUT2D eigenvalue weighted by Gasteiger charge is 2.31. The van der Waals surface area contributed by atoms with Crippen LogP contribution >= 0.6 is 0 Å². The van der Waals surface area contributed by atoms with E-state index in [1.54, 1.807) is 24.3 Å². The first-order valence-corrected chi connectivity index (χ1v) is 10.6. The quantitative estimate of drug-likeness (QED) is 0.314. The SMILES string of the molecule is COC(=O)c1ccc(N2CCN(C(C)c3nnc(-c4ccc([N+](=O)[O-])cc4)o3)C(C)C2)cc1. The topological polar surface area (TPSA) is 115 Å². The molecule has 0 amide bonds. The first-order valence-electron chi connectivity index (χ1n) is 10.6. The molecule has 33 heavy (non-hydrogen) atoms. The summed E-state index contributed by atoms with van der Waals surface area (Å²) >= 11 is 0. The van der Waals surface area contributed by atoms with Gasteiger partial charge >= 0.3 is 5.97 Å². The number of anilines is 1. The van der Waals surface area contributed by atoms with E-state index in [1.807, 2.05) is 19.1 Å². The Bertz CT molecular complexity index is 1130. The molecule has 0 bridgehead atoms. The molecule has 0 saturated carbocycles. The highest BCUT2D eigenvalue weighted by atomic mass is 16.6. The van der Waals surface area contributed by atoms with Gasteiger partial charge in [-0.2, -0.15) is 0 Å². The van der Waals surface area contributed by atoms with Gasteiger partial charge < -0.3 is 14.1 Å². The lowest BCUT2D eigenvalue weighted by Gasteiger charge is -2.42. The molecule has 1 aromatic heterocycles. The lowest BCUT2D eigenvalue weighted by Crippen LogP contribution is -2.52. The lowest BCUT2D eigenvalue weighted by atomic mass is 10.1. The molecule has 0 spiro atoms. The van der Waals surface area contributed by atoms with Crippen molar-refractivity contribution in [2.45, 2.75) is 25.9 Å². The van der Waals surface area contributed by atoms with Crippen molar-refractivity contribution < 1.29 is 18.9 Å². The molecule has 2 atom stereocenters. The van der Waals surface area contributed by atoms with Crippen LogP contribution in [0.5, 0.6) is 0 Å². The van der Waals surface area contributed by atoms with E-state index in [9.17, 15) is 14.9 Å². The highest BCUT2D eigenvalue weighted by Crippen LogP contribution is 2.29. The molecule has 1 saturated heterocycles. The number of benzene rings is 2. The van der Waals surface area contributed by atoms with Gasteiger partial charge in [-0.15, -0.1) is 10.2 Å². The van der Waals surface area contributed by atoms with E-state index in [2.05, 4.69) is 26.9 Å². The Balaban J connectivity index is 1.41. The average Bonchev–Trinajstić information content (AvgIpc) is 3.33. The number of piperazine rings is 1. The molecule has 3 aromatic rings. The second kappa shape index (κ2) is 9.37. The molecule has 1 aliphatic rings. The summed E-state index contributed by atoms with van der Waals surface area (Å²) in [5.41, 5.74) is 2.24. The first-order chi connectivity index (χ1) is 15.9. The molecule has 1 fully saturated rings. The number of nitrogens with zero attached hydrogens (tertiary/aromatic N) is 5. The van der Waals surface area contributed by atoms with Gasteiger partial charge in [-0.25, -0.2) is 4.79 Å². The maximum atomic E-state index is 11.7. The normalized spacial score (nSPS) is 17.5. The van der Waals surface area contributed by atoms with Crippen LogP contribution in [0.4, 0.5) is 11.4 Å². The Hall–Kier alpha value is -3.79. The highest BCUT2D eigenvalue weighted by molar-refractivity contribution is 5.89. The number of non-ortho nitro benzene ring substituents is 1. The molecule has 1 aliphatic heterocycles. The molecule has 0 radical (unpaired) electrons. The third kappa shape index (κ3) is 4.70. The molecule has 0 N–H and O–H groups in total. The Morgan fingerprint density at radius 3 is 2.45 bits per heavy atom. The molecule has 4 rings (SSSR count). The van der Waals surface area contributed by atoms with Crippen LogP contribution in [0.25, 0.3) is 11.5 Å². The Morgan fingerprint density at radius 2 is 1.85 bits per heavy atom. The summed E-state index contributed by atoms with van der Waals surface area (Å²) in [6.45, 7) is 6.61. The maximum absolute atomic E-state index is 11.7. The van der Waals surface area contributed by atoms with E-state index in [0.29, 0.717) is 22.9 Å². The van der Waals surface area contributed by atoms with Gasteiger partial charge in [0.25, 0.3) is 5.69 Å². The van der Waals surface area contributed by atoms with Gasteiger partial charge in [0, 0.05) is 49.1 Å². The summed E-state index contributed by atoms with van der Waals surface area (Å²) in [7, 11) is 1.37. The summed E-state index contributed by atoms with van der Waals surface area (Å²) in [5, 5.41) is 19.2. The monoisotopic (exact) mass is 451 g/mol. The summed E-state index contributed by atoms with van der Waals surface area (Å²) in [4.78, 5) is 26.6. The predicted octanol–water partition coefficient (Wildman–Crippen LogP) is 3.70. The smallest absolute Gasteiger partial charge is 0.337 e. The molecule has 10 nitrogen and oxygen atoms in total. The van der Waals surface area contributed by atoms with E-state index < -0.39 is 4.92 Å². The van der Waals surface area contributed by atoms with Crippen LogP contribution in [-0.2, 0) is 4.74 Å². The van der Waals surface area contributed by atoms with E-state index in [-0.39, 0.29) is 23.7 Å². The van der Waals surface area contributed by atoms with Crippen molar-refractivity contribution in [1.29, 1.82) is 0 Å². The fourth-order valence-electron chi connectivity index (χ4n) is 4.10. The number of hydrogen-bond acceptors (Lipinski definition) is 9. The molecule has 2 aromatic carbocycles. The van der Waals surface area contributed by atoms with Crippen LogP contribution < -0.4 is 4.90 Å². The van der Waals surface area contributed by atoms with E-state index >= 15 is 0 Å². The number of methoxy groups -OCH3 is 1. The summed E-state index contributed by atoms with van der Waals surface area (Å²) in [6.07, 6.45) is 0. The Labute approximate surface area is 190 Å². The zero-order valence-corrected chi connectivity index (χ0v) is 18.7. The molecule has 2 unspecified atom stereocenters. The number of nitro groups is 1. The predicted molar refractivity (Wildman–Crippen MR) is 121 cm³/mol. The second-order valence-electron chi connectivity index (χ2n) is 8.00. The van der Waals surface area contributed by atoms with Gasteiger partial charge in [0.15, 0.2) is 0 Å². The average molecular weight is 451 g/mol. The molecule has 0 aliphatic carbocycles. The van der Waals surface area contributed by atoms with Crippen LogP contribution in [-0.4, -0.2) is 58.8 Å². The van der Waals surface area contributed by atoms with Gasteiger partial charge in [0.2, 0.25) is 11.8 Å². The van der Waals surface area contributed by atoms with Crippen LogP contribution in [0, 0.1) is 10.1 Å². The molecule has 2 heterocycles. The third-order valence-corrected chi connectivity index (χ3v) is 5.95. The van der Waals surface area contributed by atoms with Crippen molar-refractivity contribution in [3.63, 3.8) is 0 Å². The molecular weight excluding hydrogens is 426 g/mol. The zero-order chi connectivity index (χ0) is 23.5. The van der Waals surface area contributed by atoms with Crippen LogP contribution in [0.1, 0.15) is 36.1 Å². The van der Waals surface area contributed by atoms with E-state index in [0.717, 1.165) is 25.3 Å². The van der Waals surface area contributed by atoms with Crippen LogP contribution in [0.2, 0.25) is 0 Å². The minimum absolute atomic E-state index is 0.0125. The standard InChI is InChI=1S/C23H25N5O5/c1-15-14-26(19-8-6-18(7-9-19)23(29)32-3)12-13-27(15)16(2)21-24-25-22(33-21)17-4-10-20(11-5-17)28(30)31/h4-11,15-16H,12-14H2,1-3H3. The summed E-state index contributed by atoms with van der Waals surface area (Å²) in [6, 6.07) is 13.6. The van der Waals surface area contributed by atoms with Gasteiger partial charge in [0.05, 0.1) is 23.6 Å². The minimum Gasteiger partial charge on any atom is -0.465 e. The molecule has 10 heteroatoms. The Morgan fingerprint density at radius 1 is 1.15 bits per heavy atom. The van der Waals surface area contributed by atoms with E-state index in [4.69, 9.17) is 9.15 Å². The number of rotatable bonds is 6. The van der Waals surface area contributed by atoms with E-state index in [1.165, 1.54) is 19.2 Å². The second-order valence-corrected chi connectivity index (χ2v) is 8.00. The lowest BCUT2D eigenvalue weighted by molar-refractivity contribution is -0.384. The largest absolute Gasteiger partial charge is 0.465 e. The van der Waals surface area contributed by atoms with Crippen molar-refractivity contribution in [3.8, 4) is 11.5 Å². The van der Waals surface area contributed by atoms with Gasteiger partial charge in [-0.3, -0.25) is 15.0 Å². The number of nitro benzene ring substituents is 1. The number of hydrogen-bond donors (Lipinski definition) is 0. The molecular formula is C23H25N5O5. The third-order valence-electron chi connectivity index (χ3n) is 5.95. The summed E-state index contributed by atoms with van der Waals surface area (Å²) < 4.78 is 10.7. The van der Waals surface area contributed by atoms with Gasteiger partial charge in [-0.05, 0) is 50.2 Å². The number of ether oxygens (including phenoxy) is 1. The minimum atomic E-state index is -0.445. The van der Waals surface area contributed by atoms with Crippen molar-refractivity contribution in [1.82, 2.24) is 15.1 Å². The van der Waals surface area contributed by atoms with Gasteiger partial charge in [0.1, 0.15) is 0 Å². The van der Waals surface area contributed by atoms with Crippen LogP contribution in [0.15, 0.2) is 52.9 Å². The first kappa shape index (κ1) is 22.4.